The van der Waals surface area contributed by atoms with E-state index in [9.17, 15) is 14.4 Å². The lowest BCUT2D eigenvalue weighted by atomic mass is 9.99. The lowest BCUT2D eigenvalue weighted by Gasteiger charge is -2.30. The van der Waals surface area contributed by atoms with Crippen LogP contribution in [-0.2, 0) is 18.3 Å². The van der Waals surface area contributed by atoms with Crippen LogP contribution in [0.25, 0.3) is 0 Å². The third kappa shape index (κ3) is 4.88. The summed E-state index contributed by atoms with van der Waals surface area (Å²) in [6.07, 6.45) is 4.39. The highest BCUT2D eigenvalue weighted by atomic mass is 16.2. The summed E-state index contributed by atoms with van der Waals surface area (Å²) in [5, 5.41) is 2.68. The van der Waals surface area contributed by atoms with Crippen LogP contribution >= 0.6 is 0 Å². The van der Waals surface area contributed by atoms with Crippen LogP contribution in [0, 0.1) is 5.92 Å². The van der Waals surface area contributed by atoms with E-state index in [0.29, 0.717) is 17.9 Å². The van der Waals surface area contributed by atoms with Gasteiger partial charge in [0.2, 0.25) is 5.91 Å². The molecular formula is C22H27N3O3. The molecule has 6 heteroatoms. The van der Waals surface area contributed by atoms with Crippen LogP contribution in [0.1, 0.15) is 42.1 Å². The number of piperidine rings is 1. The number of amides is 2. The monoisotopic (exact) mass is 381 g/mol. The molecule has 148 valence electrons. The summed E-state index contributed by atoms with van der Waals surface area (Å²) in [5.74, 6) is 0.295. The summed E-state index contributed by atoms with van der Waals surface area (Å²) in [6.45, 7) is 3.64. The largest absolute Gasteiger partial charge is 0.339 e. The highest BCUT2D eigenvalue weighted by Gasteiger charge is 2.22. The molecule has 2 aromatic rings. The molecule has 6 nitrogen and oxygen atoms in total. The van der Waals surface area contributed by atoms with Crippen molar-refractivity contribution in [2.75, 3.05) is 18.4 Å². The number of nitrogens with zero attached hydrogens (tertiary/aromatic N) is 2. The fourth-order valence-corrected chi connectivity index (χ4v) is 3.43. The maximum atomic E-state index is 12.8. The van der Waals surface area contributed by atoms with Gasteiger partial charge in [-0.2, -0.15) is 0 Å². The zero-order valence-corrected chi connectivity index (χ0v) is 16.5. The minimum absolute atomic E-state index is 0.0951. The Bertz CT molecular complexity index is 897. The van der Waals surface area contributed by atoms with Gasteiger partial charge in [0, 0.05) is 32.8 Å². The third-order valence-corrected chi connectivity index (χ3v) is 5.26. The first-order valence-electron chi connectivity index (χ1n) is 9.78. The second-order valence-corrected chi connectivity index (χ2v) is 7.57. The molecule has 1 N–H and O–H groups in total. The molecule has 1 saturated heterocycles. The number of aromatic nitrogens is 1. The molecule has 0 atom stereocenters. The number of carbonyl (C=O) groups excluding carboxylic acids is 2. The van der Waals surface area contributed by atoms with E-state index in [1.165, 1.54) is 10.6 Å². The van der Waals surface area contributed by atoms with Crippen molar-refractivity contribution in [1.82, 2.24) is 9.47 Å². The molecule has 1 aliphatic heterocycles. The Morgan fingerprint density at radius 1 is 1.14 bits per heavy atom. The topological polar surface area (TPSA) is 71.4 Å². The minimum atomic E-state index is -0.322. The first-order valence-corrected chi connectivity index (χ1v) is 9.78. The summed E-state index contributed by atoms with van der Waals surface area (Å²) in [4.78, 5) is 39.3. The molecule has 0 unspecified atom stereocenters. The van der Waals surface area contributed by atoms with E-state index in [2.05, 4.69) is 12.2 Å². The molecule has 2 amide bonds. The van der Waals surface area contributed by atoms with Crippen LogP contribution < -0.4 is 10.9 Å². The van der Waals surface area contributed by atoms with Crippen LogP contribution in [0.15, 0.2) is 47.4 Å². The molecule has 0 spiro atoms. The number of aryl methyl sites for hydroxylation is 2. The van der Waals surface area contributed by atoms with Gasteiger partial charge in [0.15, 0.2) is 0 Å². The average Bonchev–Trinajstić information content (AvgIpc) is 2.70. The number of hydrogen-bond donors (Lipinski definition) is 1. The number of nitrogens with one attached hydrogen (secondary N) is 1. The number of carbonyl (C=O) groups is 2. The first kappa shape index (κ1) is 19.9. The Kier molecular flexibility index (Phi) is 6.29. The summed E-state index contributed by atoms with van der Waals surface area (Å²) in [5.41, 5.74) is 1.32. The molecule has 1 fully saturated rings. The summed E-state index contributed by atoms with van der Waals surface area (Å²) in [6, 6.07) is 11.2. The van der Waals surface area contributed by atoms with Gasteiger partial charge in [-0.15, -0.1) is 0 Å². The van der Waals surface area contributed by atoms with Crippen molar-refractivity contribution in [3.8, 4) is 0 Å². The van der Waals surface area contributed by atoms with Gasteiger partial charge in [0.05, 0.1) is 5.56 Å². The quantitative estimate of drug-likeness (QED) is 0.866. The lowest BCUT2D eigenvalue weighted by Crippen LogP contribution is -2.38. The number of anilines is 1. The van der Waals surface area contributed by atoms with Gasteiger partial charge < -0.3 is 14.8 Å². The van der Waals surface area contributed by atoms with Gasteiger partial charge in [0.25, 0.3) is 11.5 Å². The Morgan fingerprint density at radius 3 is 2.50 bits per heavy atom. The minimum Gasteiger partial charge on any atom is -0.339 e. The Balaban J connectivity index is 1.69. The maximum Gasteiger partial charge on any atom is 0.274 e. The predicted molar refractivity (Wildman–Crippen MR) is 109 cm³/mol. The van der Waals surface area contributed by atoms with E-state index in [1.54, 1.807) is 13.2 Å². The Morgan fingerprint density at radius 2 is 1.82 bits per heavy atom. The van der Waals surface area contributed by atoms with E-state index in [-0.39, 0.29) is 29.5 Å². The third-order valence-electron chi connectivity index (χ3n) is 5.26. The fourth-order valence-electron chi connectivity index (χ4n) is 3.43. The van der Waals surface area contributed by atoms with E-state index in [4.69, 9.17) is 0 Å². The van der Waals surface area contributed by atoms with Crippen LogP contribution in [-0.4, -0.2) is 34.4 Å². The number of likely N-dealkylation sites (tertiary alicyclic amines) is 1. The molecule has 1 aromatic carbocycles. The second-order valence-electron chi connectivity index (χ2n) is 7.57. The number of hydrogen-bond acceptors (Lipinski definition) is 3. The van der Waals surface area contributed by atoms with Gasteiger partial charge >= 0.3 is 0 Å². The summed E-state index contributed by atoms with van der Waals surface area (Å²) >= 11 is 0. The number of pyridine rings is 1. The highest BCUT2D eigenvalue weighted by Crippen LogP contribution is 2.18. The zero-order valence-electron chi connectivity index (χ0n) is 16.5. The van der Waals surface area contributed by atoms with Crippen molar-refractivity contribution in [3.05, 3.63) is 64.1 Å². The zero-order chi connectivity index (χ0) is 20.1. The van der Waals surface area contributed by atoms with Crippen molar-refractivity contribution in [3.63, 3.8) is 0 Å². The van der Waals surface area contributed by atoms with Gasteiger partial charge in [-0.25, -0.2) is 0 Å². The van der Waals surface area contributed by atoms with Crippen molar-refractivity contribution in [2.45, 2.75) is 32.6 Å². The fraction of sp³-hybridized carbons (Fsp3) is 0.409. The van der Waals surface area contributed by atoms with Crippen molar-refractivity contribution in [1.29, 1.82) is 0 Å². The SMILES string of the molecule is CC1CCN(C(=O)c2cc(NC(=O)CCc3ccccc3)c(=O)n(C)c2)CC1. The highest BCUT2D eigenvalue weighted by molar-refractivity contribution is 5.96. The smallest absolute Gasteiger partial charge is 0.274 e. The van der Waals surface area contributed by atoms with Crippen molar-refractivity contribution in [2.24, 2.45) is 13.0 Å². The first-order chi connectivity index (χ1) is 13.4. The average molecular weight is 381 g/mol. The molecule has 3 rings (SSSR count). The van der Waals surface area contributed by atoms with Gasteiger partial charge in [0.1, 0.15) is 5.69 Å². The van der Waals surface area contributed by atoms with E-state index in [1.807, 2.05) is 35.2 Å². The standard InChI is InChI=1S/C22H27N3O3/c1-16-10-12-25(13-11-16)21(27)18-14-19(22(28)24(2)15-18)23-20(26)9-8-17-6-4-3-5-7-17/h3-7,14-16H,8-13H2,1-2H3,(H,23,26). The van der Waals surface area contributed by atoms with Crippen LogP contribution in [0.2, 0.25) is 0 Å². The van der Waals surface area contributed by atoms with Crippen molar-refractivity contribution >= 4 is 17.5 Å². The molecule has 2 heterocycles. The maximum absolute atomic E-state index is 12.8. The second kappa shape index (κ2) is 8.87. The molecule has 1 aromatic heterocycles. The summed E-state index contributed by atoms with van der Waals surface area (Å²) in [7, 11) is 1.59. The predicted octanol–water partition coefficient (Wildman–Crippen LogP) is 2.83. The molecular weight excluding hydrogens is 354 g/mol. The van der Waals surface area contributed by atoms with Crippen LogP contribution in [0.3, 0.4) is 0 Å². The van der Waals surface area contributed by atoms with E-state index >= 15 is 0 Å². The normalized spacial score (nSPS) is 14.7. The Labute approximate surface area is 165 Å². The molecule has 28 heavy (non-hydrogen) atoms. The van der Waals surface area contributed by atoms with Gasteiger partial charge in [-0.3, -0.25) is 14.4 Å². The Hall–Kier alpha value is -2.89. The van der Waals surface area contributed by atoms with E-state index < -0.39 is 0 Å². The molecule has 1 aliphatic rings. The summed E-state index contributed by atoms with van der Waals surface area (Å²) < 4.78 is 1.35. The number of rotatable bonds is 5. The molecule has 0 aliphatic carbocycles. The molecule has 0 radical (unpaired) electrons. The van der Waals surface area contributed by atoms with Crippen LogP contribution in [0.4, 0.5) is 5.69 Å². The van der Waals surface area contributed by atoms with Crippen LogP contribution in [0.5, 0.6) is 0 Å². The van der Waals surface area contributed by atoms with Gasteiger partial charge in [-0.05, 0) is 36.8 Å². The molecule has 0 saturated carbocycles. The van der Waals surface area contributed by atoms with Gasteiger partial charge in [-0.1, -0.05) is 37.3 Å². The van der Waals surface area contributed by atoms with Crippen molar-refractivity contribution < 1.29 is 9.59 Å². The molecule has 0 bridgehead atoms. The number of benzene rings is 1. The van der Waals surface area contributed by atoms with E-state index in [0.717, 1.165) is 31.5 Å². The lowest BCUT2D eigenvalue weighted by molar-refractivity contribution is -0.116.